The number of aromatic nitrogens is 3. The number of anilines is 1. The molecule has 0 bridgehead atoms. The third kappa shape index (κ3) is 4.70. The van der Waals surface area contributed by atoms with E-state index in [1.807, 2.05) is 38.1 Å². The standard InChI is InChI=1S/C22H24N6O3S2/c1-4-27(5-2)33(30,31)19-8-6-7-17(13-19)21-24-25-22-28(21)26-20(14-32-22)16-9-11-18(12-10-16)23-15(3)29/h6-13H,4-5,14H2,1-3H3,(H,23,29). The van der Waals surface area contributed by atoms with Crippen molar-refractivity contribution in [3.05, 3.63) is 54.1 Å². The number of hydrogen-bond acceptors (Lipinski definition) is 7. The van der Waals surface area contributed by atoms with E-state index < -0.39 is 10.0 Å². The van der Waals surface area contributed by atoms with E-state index >= 15 is 0 Å². The zero-order valence-electron chi connectivity index (χ0n) is 18.5. The van der Waals surface area contributed by atoms with Gasteiger partial charge in [0.15, 0.2) is 5.82 Å². The van der Waals surface area contributed by atoms with Gasteiger partial charge in [0, 0.05) is 37.0 Å². The van der Waals surface area contributed by atoms with Crippen molar-refractivity contribution in [2.75, 3.05) is 24.2 Å². The van der Waals surface area contributed by atoms with Crippen LogP contribution < -0.4 is 5.32 Å². The SMILES string of the molecule is CCN(CC)S(=O)(=O)c1cccc(-c2nnc3n2N=C(c2ccc(NC(C)=O)cc2)CS3)c1. The minimum atomic E-state index is -3.60. The predicted octanol–water partition coefficient (Wildman–Crippen LogP) is 3.29. The summed E-state index contributed by atoms with van der Waals surface area (Å²) < 4.78 is 29.0. The van der Waals surface area contributed by atoms with Gasteiger partial charge in [0.2, 0.25) is 21.1 Å². The average molecular weight is 485 g/mol. The van der Waals surface area contributed by atoms with Crippen LogP contribution in [0.25, 0.3) is 11.4 Å². The van der Waals surface area contributed by atoms with E-state index in [1.54, 1.807) is 28.9 Å². The fraction of sp³-hybridized carbons (Fsp3) is 0.273. The molecule has 1 aliphatic rings. The Labute approximate surface area is 197 Å². The zero-order valence-corrected chi connectivity index (χ0v) is 20.2. The molecule has 11 heteroatoms. The van der Waals surface area contributed by atoms with E-state index in [0.717, 1.165) is 11.3 Å². The highest BCUT2D eigenvalue weighted by atomic mass is 32.2. The molecular weight excluding hydrogens is 460 g/mol. The molecule has 0 aliphatic carbocycles. The number of hydrogen-bond donors (Lipinski definition) is 1. The molecule has 33 heavy (non-hydrogen) atoms. The second-order valence-electron chi connectivity index (χ2n) is 7.33. The number of nitrogens with zero attached hydrogens (tertiary/aromatic N) is 5. The molecule has 3 aromatic rings. The van der Waals surface area contributed by atoms with Gasteiger partial charge >= 0.3 is 0 Å². The molecule has 0 unspecified atom stereocenters. The summed E-state index contributed by atoms with van der Waals surface area (Å²) in [4.78, 5) is 11.5. The first-order valence-electron chi connectivity index (χ1n) is 10.5. The highest BCUT2D eigenvalue weighted by molar-refractivity contribution is 7.99. The highest BCUT2D eigenvalue weighted by Crippen LogP contribution is 2.30. The summed E-state index contributed by atoms with van der Waals surface area (Å²) in [6.07, 6.45) is 0. The molecule has 2 heterocycles. The number of thioether (sulfide) groups is 1. The quantitative estimate of drug-likeness (QED) is 0.551. The molecule has 0 radical (unpaired) electrons. The van der Waals surface area contributed by atoms with Crippen LogP contribution in [0.1, 0.15) is 26.3 Å². The number of carbonyl (C=O) groups excluding carboxylic acids is 1. The Bertz CT molecular complexity index is 1310. The molecule has 0 spiro atoms. The van der Waals surface area contributed by atoms with Crippen molar-refractivity contribution in [3.63, 3.8) is 0 Å². The topological polar surface area (TPSA) is 110 Å². The first-order chi connectivity index (χ1) is 15.8. The number of rotatable bonds is 7. The van der Waals surface area contributed by atoms with Gasteiger partial charge in [0.05, 0.1) is 10.6 Å². The van der Waals surface area contributed by atoms with Gasteiger partial charge in [-0.1, -0.05) is 49.9 Å². The molecule has 1 amide bonds. The van der Waals surface area contributed by atoms with Gasteiger partial charge in [-0.25, -0.2) is 8.42 Å². The van der Waals surface area contributed by atoms with Crippen molar-refractivity contribution in [1.82, 2.24) is 19.2 Å². The minimum absolute atomic E-state index is 0.127. The van der Waals surface area contributed by atoms with Crippen LogP contribution >= 0.6 is 11.8 Å². The Balaban J connectivity index is 1.69. The maximum Gasteiger partial charge on any atom is 0.243 e. The summed E-state index contributed by atoms with van der Waals surface area (Å²) in [5.74, 6) is 0.965. The summed E-state index contributed by atoms with van der Waals surface area (Å²) in [6, 6.07) is 14.2. The van der Waals surface area contributed by atoms with Gasteiger partial charge in [-0.15, -0.1) is 10.2 Å². The molecule has 1 aromatic heterocycles. The number of carbonyl (C=O) groups is 1. The summed E-state index contributed by atoms with van der Waals surface area (Å²) in [7, 11) is -3.60. The fourth-order valence-corrected chi connectivity index (χ4v) is 5.85. The lowest BCUT2D eigenvalue weighted by molar-refractivity contribution is -0.114. The normalized spacial score (nSPS) is 13.5. The van der Waals surface area contributed by atoms with Gasteiger partial charge < -0.3 is 5.32 Å². The Morgan fingerprint density at radius 2 is 1.82 bits per heavy atom. The molecule has 9 nitrogen and oxygen atoms in total. The van der Waals surface area contributed by atoms with E-state index in [-0.39, 0.29) is 10.8 Å². The van der Waals surface area contributed by atoms with Crippen LogP contribution in [-0.2, 0) is 14.8 Å². The van der Waals surface area contributed by atoms with Crippen LogP contribution in [-0.4, -0.2) is 58.1 Å². The van der Waals surface area contributed by atoms with Crippen molar-refractivity contribution in [3.8, 4) is 11.4 Å². The molecule has 172 valence electrons. The van der Waals surface area contributed by atoms with Gasteiger partial charge in [-0.3, -0.25) is 4.79 Å². The van der Waals surface area contributed by atoms with Gasteiger partial charge in [-0.05, 0) is 29.8 Å². The van der Waals surface area contributed by atoms with Crippen molar-refractivity contribution >= 4 is 39.1 Å². The van der Waals surface area contributed by atoms with Crippen molar-refractivity contribution in [1.29, 1.82) is 0 Å². The molecule has 1 N–H and O–H groups in total. The van der Waals surface area contributed by atoms with Gasteiger partial charge in [0.1, 0.15) is 0 Å². The Morgan fingerprint density at radius 1 is 1.09 bits per heavy atom. The van der Waals surface area contributed by atoms with E-state index in [1.165, 1.54) is 23.0 Å². The summed E-state index contributed by atoms with van der Waals surface area (Å²) in [5, 5.41) is 16.6. The molecule has 0 fully saturated rings. The van der Waals surface area contributed by atoms with Crippen LogP contribution in [0.3, 0.4) is 0 Å². The van der Waals surface area contributed by atoms with Crippen LogP contribution in [0, 0.1) is 0 Å². The van der Waals surface area contributed by atoms with Crippen molar-refractivity contribution in [2.45, 2.75) is 30.8 Å². The lowest BCUT2D eigenvalue weighted by atomic mass is 10.1. The smallest absolute Gasteiger partial charge is 0.243 e. The Kier molecular flexibility index (Phi) is 6.63. The third-order valence-electron chi connectivity index (χ3n) is 5.14. The Hall–Kier alpha value is -3.02. The van der Waals surface area contributed by atoms with Gasteiger partial charge in [-0.2, -0.15) is 14.1 Å². The molecule has 0 saturated carbocycles. The lowest BCUT2D eigenvalue weighted by Crippen LogP contribution is -2.30. The van der Waals surface area contributed by atoms with Crippen LogP contribution in [0.5, 0.6) is 0 Å². The summed E-state index contributed by atoms with van der Waals surface area (Å²) in [5.41, 5.74) is 3.08. The molecule has 0 atom stereocenters. The number of nitrogens with one attached hydrogen (secondary N) is 1. The van der Waals surface area contributed by atoms with Crippen molar-refractivity contribution < 1.29 is 13.2 Å². The first-order valence-corrected chi connectivity index (χ1v) is 12.9. The zero-order chi connectivity index (χ0) is 23.6. The summed E-state index contributed by atoms with van der Waals surface area (Å²) >= 11 is 1.51. The monoisotopic (exact) mass is 484 g/mol. The maximum absolute atomic E-state index is 13.0. The van der Waals surface area contributed by atoms with Crippen LogP contribution in [0.2, 0.25) is 0 Å². The molecular formula is C22H24N6O3S2. The highest BCUT2D eigenvalue weighted by Gasteiger charge is 2.24. The van der Waals surface area contributed by atoms with Crippen LogP contribution in [0.4, 0.5) is 5.69 Å². The van der Waals surface area contributed by atoms with Gasteiger partial charge in [0.25, 0.3) is 0 Å². The number of sulfonamides is 1. The second-order valence-corrected chi connectivity index (χ2v) is 10.2. The minimum Gasteiger partial charge on any atom is -0.326 e. The predicted molar refractivity (Wildman–Crippen MR) is 129 cm³/mol. The molecule has 4 rings (SSSR count). The van der Waals surface area contributed by atoms with Crippen LogP contribution in [0.15, 0.2) is 63.7 Å². The fourth-order valence-electron chi connectivity index (χ4n) is 3.51. The second kappa shape index (κ2) is 9.46. The largest absolute Gasteiger partial charge is 0.326 e. The lowest BCUT2D eigenvalue weighted by Gasteiger charge is -2.19. The number of fused-ring (bicyclic) bond motifs is 1. The third-order valence-corrected chi connectivity index (χ3v) is 8.12. The summed E-state index contributed by atoms with van der Waals surface area (Å²) in [6.45, 7) is 5.89. The maximum atomic E-state index is 13.0. The van der Waals surface area contributed by atoms with Crippen molar-refractivity contribution in [2.24, 2.45) is 5.10 Å². The number of amides is 1. The average Bonchev–Trinajstić information content (AvgIpc) is 3.23. The first kappa shape index (κ1) is 23.1. The van der Waals surface area contributed by atoms with E-state index in [2.05, 4.69) is 15.5 Å². The Morgan fingerprint density at radius 3 is 2.48 bits per heavy atom. The number of benzene rings is 2. The van der Waals surface area contributed by atoms with E-state index in [9.17, 15) is 13.2 Å². The molecule has 1 aliphatic heterocycles. The van der Waals surface area contributed by atoms with E-state index in [0.29, 0.717) is 41.1 Å². The molecule has 2 aromatic carbocycles. The molecule has 0 saturated heterocycles. The van der Waals surface area contributed by atoms with E-state index in [4.69, 9.17) is 5.10 Å².